The van der Waals surface area contributed by atoms with Gasteiger partial charge in [-0.15, -0.1) is 21.5 Å². The summed E-state index contributed by atoms with van der Waals surface area (Å²) in [5.41, 5.74) is 3.79. The zero-order valence-electron chi connectivity index (χ0n) is 26.6. The number of thiazole rings is 1. The number of anilines is 2. The Morgan fingerprint density at radius 3 is 2.06 bits per heavy atom. The standard InChI is InChI=1S/C18H16N6OS.C17H13N5O2/c25-15(9-5-10-16-20-12-6-1-2-8-14(12)26-16)21-18-22-17(23-24-18)13-7-3-4-11-19-13;1-10-11-6-2-3-8-13(11)24-14(10)16(23)20-17-19-15(21-22-17)12-7-4-5-9-18-12/h1-4,6-8,11H,5,9-10H2,(H2,21,22,23,24,25);2-9H,1H3,(H2,19,20,21,22,23). The number of pyridine rings is 2. The number of H-pyrrole nitrogens is 2. The number of furan rings is 1. The Hall–Kier alpha value is -6.61. The summed E-state index contributed by atoms with van der Waals surface area (Å²) in [7, 11) is 0. The normalized spacial score (nSPS) is 10.9. The number of nitrogens with zero attached hydrogens (tertiary/aromatic N) is 7. The van der Waals surface area contributed by atoms with Crippen molar-refractivity contribution in [2.24, 2.45) is 0 Å². The van der Waals surface area contributed by atoms with Crippen molar-refractivity contribution in [3.05, 3.63) is 114 Å². The lowest BCUT2D eigenvalue weighted by Gasteiger charge is -1.99. The van der Waals surface area contributed by atoms with E-state index in [-0.39, 0.29) is 23.6 Å². The number of para-hydroxylation sites is 2. The predicted octanol–water partition coefficient (Wildman–Crippen LogP) is 6.61. The molecule has 0 saturated carbocycles. The van der Waals surface area contributed by atoms with Crippen LogP contribution in [0.4, 0.5) is 11.9 Å². The summed E-state index contributed by atoms with van der Waals surface area (Å²) in [4.78, 5) is 45.9. The van der Waals surface area contributed by atoms with Gasteiger partial charge in [-0.3, -0.25) is 40.4 Å². The quantitative estimate of drug-likeness (QED) is 0.129. The summed E-state index contributed by atoms with van der Waals surface area (Å²) >= 11 is 1.67. The van der Waals surface area contributed by atoms with Crippen LogP contribution in [0.2, 0.25) is 0 Å². The van der Waals surface area contributed by atoms with Crippen molar-refractivity contribution >= 4 is 56.2 Å². The van der Waals surface area contributed by atoms with Crippen LogP contribution in [0.5, 0.6) is 0 Å². The lowest BCUT2D eigenvalue weighted by Crippen LogP contribution is -2.13. The zero-order chi connectivity index (χ0) is 34.3. The third-order valence-corrected chi connectivity index (χ3v) is 8.54. The molecule has 0 spiro atoms. The highest BCUT2D eigenvalue weighted by Gasteiger charge is 2.19. The molecule has 14 nitrogen and oxygen atoms in total. The van der Waals surface area contributed by atoms with Crippen LogP contribution in [0.3, 0.4) is 0 Å². The Balaban J connectivity index is 0.000000157. The fourth-order valence-electron chi connectivity index (χ4n) is 5.03. The minimum absolute atomic E-state index is 0.113. The molecule has 8 rings (SSSR count). The maximum atomic E-state index is 12.4. The summed E-state index contributed by atoms with van der Waals surface area (Å²) in [5, 5.41) is 20.8. The third-order valence-electron chi connectivity index (χ3n) is 7.44. The molecule has 2 amide bonds. The summed E-state index contributed by atoms with van der Waals surface area (Å²) < 4.78 is 6.81. The third kappa shape index (κ3) is 7.42. The number of benzene rings is 2. The Labute approximate surface area is 288 Å². The molecule has 4 N–H and O–H groups in total. The van der Waals surface area contributed by atoms with Crippen LogP contribution in [0.15, 0.2) is 102 Å². The molecule has 6 heterocycles. The molecule has 15 heteroatoms. The number of hydrogen-bond donors (Lipinski definition) is 4. The molecule has 0 bridgehead atoms. The van der Waals surface area contributed by atoms with Gasteiger partial charge in [0.15, 0.2) is 17.4 Å². The zero-order valence-corrected chi connectivity index (χ0v) is 27.4. The van der Waals surface area contributed by atoms with Gasteiger partial charge in [0.1, 0.15) is 17.0 Å². The van der Waals surface area contributed by atoms with E-state index in [9.17, 15) is 9.59 Å². The van der Waals surface area contributed by atoms with Crippen LogP contribution in [0, 0.1) is 6.92 Å². The van der Waals surface area contributed by atoms with Crippen LogP contribution in [0.25, 0.3) is 44.2 Å². The van der Waals surface area contributed by atoms with Gasteiger partial charge in [0.25, 0.3) is 5.91 Å². The van der Waals surface area contributed by atoms with Crippen molar-refractivity contribution in [1.29, 1.82) is 0 Å². The topological polar surface area (TPSA) is 193 Å². The van der Waals surface area contributed by atoms with Gasteiger partial charge in [0.2, 0.25) is 17.8 Å². The van der Waals surface area contributed by atoms with Gasteiger partial charge in [-0.1, -0.05) is 42.5 Å². The molecular formula is C35H29N11O3S. The first kappa shape index (κ1) is 32.0. The number of carbonyl (C=O) groups is 2. The number of carbonyl (C=O) groups excluding carboxylic acids is 2. The van der Waals surface area contributed by atoms with E-state index in [0.29, 0.717) is 35.0 Å². The number of rotatable bonds is 9. The smallest absolute Gasteiger partial charge is 0.294 e. The Morgan fingerprint density at radius 2 is 1.40 bits per heavy atom. The molecule has 0 unspecified atom stereocenters. The Kier molecular flexibility index (Phi) is 9.37. The fourth-order valence-corrected chi connectivity index (χ4v) is 6.04. The monoisotopic (exact) mass is 683 g/mol. The molecule has 0 aliphatic rings. The molecule has 0 fully saturated rings. The average Bonchev–Trinajstić information content (AvgIpc) is 3.96. The van der Waals surface area contributed by atoms with Crippen molar-refractivity contribution in [2.45, 2.75) is 26.2 Å². The van der Waals surface area contributed by atoms with Gasteiger partial charge in [-0.2, -0.15) is 9.97 Å². The minimum Gasteiger partial charge on any atom is -0.451 e. The molecule has 0 aliphatic carbocycles. The van der Waals surface area contributed by atoms with Crippen molar-refractivity contribution in [2.75, 3.05) is 10.6 Å². The van der Waals surface area contributed by atoms with Crippen molar-refractivity contribution in [3.63, 3.8) is 0 Å². The molecule has 2 aromatic carbocycles. The first-order valence-corrected chi connectivity index (χ1v) is 16.4. The largest absolute Gasteiger partial charge is 0.451 e. The molecule has 8 aromatic rings. The summed E-state index contributed by atoms with van der Waals surface area (Å²) in [5.74, 6) is 1.17. The van der Waals surface area contributed by atoms with Crippen LogP contribution < -0.4 is 10.6 Å². The van der Waals surface area contributed by atoms with Crippen molar-refractivity contribution < 1.29 is 14.0 Å². The molecular weight excluding hydrogens is 655 g/mol. The molecule has 0 aliphatic heterocycles. The predicted molar refractivity (Wildman–Crippen MR) is 189 cm³/mol. The lowest BCUT2D eigenvalue weighted by atomic mass is 10.1. The molecule has 6 aromatic heterocycles. The van der Waals surface area contributed by atoms with Gasteiger partial charge >= 0.3 is 0 Å². The van der Waals surface area contributed by atoms with Crippen LogP contribution >= 0.6 is 11.3 Å². The summed E-state index contributed by atoms with van der Waals surface area (Å²) in [6.07, 6.45) is 5.23. The number of hydrogen-bond acceptors (Lipinski definition) is 11. The minimum atomic E-state index is -0.393. The van der Waals surface area contributed by atoms with Gasteiger partial charge in [0, 0.05) is 29.8 Å². The second kappa shape index (κ2) is 14.7. The van der Waals surface area contributed by atoms with E-state index in [1.807, 2.05) is 79.7 Å². The maximum absolute atomic E-state index is 12.4. The van der Waals surface area contributed by atoms with Crippen LogP contribution in [0.1, 0.15) is 34.0 Å². The van der Waals surface area contributed by atoms with E-state index < -0.39 is 5.91 Å². The number of nitrogens with one attached hydrogen (secondary N) is 4. The van der Waals surface area contributed by atoms with E-state index in [0.717, 1.165) is 34.3 Å². The van der Waals surface area contributed by atoms with E-state index in [1.165, 1.54) is 4.70 Å². The molecule has 50 heavy (non-hydrogen) atoms. The van der Waals surface area contributed by atoms with Gasteiger partial charge < -0.3 is 4.42 Å². The van der Waals surface area contributed by atoms with Gasteiger partial charge in [-0.05, 0) is 62.2 Å². The average molecular weight is 684 g/mol. The SMILES string of the molecule is Cc1c(C(=O)Nc2n[nH]c(-c3ccccn3)n2)oc2ccccc12.O=C(CCCc1nc2ccccc2s1)Nc1n[nH]c(-c2ccccn2)n1. The van der Waals surface area contributed by atoms with E-state index >= 15 is 0 Å². The first-order chi connectivity index (χ1) is 24.5. The number of aromatic amines is 2. The van der Waals surface area contributed by atoms with Crippen LogP contribution in [-0.2, 0) is 11.2 Å². The van der Waals surface area contributed by atoms with E-state index in [1.54, 1.807) is 29.8 Å². The first-order valence-electron chi connectivity index (χ1n) is 15.6. The highest BCUT2D eigenvalue weighted by Crippen LogP contribution is 2.26. The highest BCUT2D eigenvalue weighted by molar-refractivity contribution is 7.18. The summed E-state index contributed by atoms with van der Waals surface area (Å²) in [6.45, 7) is 1.85. The lowest BCUT2D eigenvalue weighted by molar-refractivity contribution is -0.116. The van der Waals surface area contributed by atoms with Crippen molar-refractivity contribution in [3.8, 4) is 23.0 Å². The number of aromatic nitrogens is 9. The van der Waals surface area contributed by atoms with Crippen LogP contribution in [-0.4, -0.2) is 57.1 Å². The number of fused-ring (bicyclic) bond motifs is 2. The van der Waals surface area contributed by atoms with Crippen molar-refractivity contribution in [1.82, 2.24) is 45.3 Å². The molecule has 0 atom stereocenters. The second-order valence-electron chi connectivity index (χ2n) is 10.9. The highest BCUT2D eigenvalue weighted by atomic mass is 32.1. The van der Waals surface area contributed by atoms with E-state index in [4.69, 9.17) is 4.42 Å². The van der Waals surface area contributed by atoms with Gasteiger partial charge in [0.05, 0.1) is 15.2 Å². The second-order valence-corrected chi connectivity index (χ2v) is 12.0. The number of amides is 2. The number of aryl methyl sites for hydroxylation is 2. The molecule has 248 valence electrons. The van der Waals surface area contributed by atoms with Gasteiger partial charge in [-0.25, -0.2) is 4.98 Å². The fraction of sp³-hybridized carbons (Fsp3) is 0.114. The van der Waals surface area contributed by atoms with E-state index in [2.05, 4.69) is 62.0 Å². The maximum Gasteiger partial charge on any atom is 0.294 e. The Morgan fingerprint density at radius 1 is 0.760 bits per heavy atom. The molecule has 0 saturated heterocycles. The Bertz CT molecular complexity index is 2350. The summed E-state index contributed by atoms with van der Waals surface area (Å²) in [6, 6.07) is 26.5. The molecule has 0 radical (unpaired) electrons.